The van der Waals surface area contributed by atoms with Crippen LogP contribution in [0.4, 0.5) is 10.1 Å². The number of aliphatic imine (C=N–C) groups is 1. The van der Waals surface area contributed by atoms with Crippen molar-refractivity contribution in [2.45, 2.75) is 26.8 Å². The van der Waals surface area contributed by atoms with Gasteiger partial charge < -0.3 is 19.6 Å². The summed E-state index contributed by atoms with van der Waals surface area (Å²) in [4.78, 5) is 9.21. The van der Waals surface area contributed by atoms with Crippen LogP contribution in [0.2, 0.25) is 0 Å². The van der Waals surface area contributed by atoms with E-state index < -0.39 is 0 Å². The van der Waals surface area contributed by atoms with Gasteiger partial charge in [-0.1, -0.05) is 12.1 Å². The van der Waals surface area contributed by atoms with Gasteiger partial charge in [0.25, 0.3) is 0 Å². The number of rotatable bonds is 5. The number of aryl methyl sites for hydroxylation is 1. The van der Waals surface area contributed by atoms with Crippen molar-refractivity contribution in [3.63, 3.8) is 0 Å². The van der Waals surface area contributed by atoms with Crippen molar-refractivity contribution in [1.82, 2.24) is 15.4 Å². The lowest BCUT2D eigenvalue weighted by atomic mass is 10.2. The lowest BCUT2D eigenvalue weighted by Crippen LogP contribution is -2.52. The molecule has 6 nitrogen and oxygen atoms in total. The smallest absolute Gasteiger partial charge is 0.194 e. The summed E-state index contributed by atoms with van der Waals surface area (Å²) in [5.41, 5.74) is 2.01. The third-order valence-corrected chi connectivity index (χ3v) is 4.46. The van der Waals surface area contributed by atoms with Crippen LogP contribution in [0.15, 0.2) is 39.8 Å². The summed E-state index contributed by atoms with van der Waals surface area (Å²) in [6.07, 6.45) is 0.860. The van der Waals surface area contributed by atoms with E-state index in [0.29, 0.717) is 6.54 Å². The minimum absolute atomic E-state index is 0. The Labute approximate surface area is 176 Å². The number of nitrogens with one attached hydrogen (secondary N) is 1. The van der Waals surface area contributed by atoms with E-state index in [0.717, 1.165) is 62.2 Å². The van der Waals surface area contributed by atoms with Gasteiger partial charge in [-0.2, -0.15) is 0 Å². The molecule has 1 saturated heterocycles. The normalized spacial score (nSPS) is 14.9. The maximum atomic E-state index is 13.1. The number of anilines is 1. The molecule has 1 aliphatic rings. The Balaban J connectivity index is 0.00000261. The van der Waals surface area contributed by atoms with Crippen molar-refractivity contribution >= 4 is 35.6 Å². The fourth-order valence-electron chi connectivity index (χ4n) is 3.00. The van der Waals surface area contributed by atoms with Gasteiger partial charge in [-0.05, 0) is 37.6 Å². The van der Waals surface area contributed by atoms with Crippen molar-refractivity contribution in [3.05, 3.63) is 47.6 Å². The van der Waals surface area contributed by atoms with E-state index in [9.17, 15) is 4.39 Å². The number of piperazine rings is 1. The Kier molecular flexibility index (Phi) is 8.33. The van der Waals surface area contributed by atoms with Gasteiger partial charge in [0, 0.05) is 44.5 Å². The molecule has 0 aliphatic carbocycles. The van der Waals surface area contributed by atoms with Gasteiger partial charge in [-0.15, -0.1) is 24.0 Å². The molecular formula is C19H27FIN5O. The van der Waals surface area contributed by atoms with Crippen LogP contribution in [0.25, 0.3) is 0 Å². The van der Waals surface area contributed by atoms with Gasteiger partial charge in [-0.3, -0.25) is 0 Å². The van der Waals surface area contributed by atoms with Crippen LogP contribution in [0.5, 0.6) is 0 Å². The third kappa shape index (κ3) is 5.82. The topological polar surface area (TPSA) is 56.9 Å². The summed E-state index contributed by atoms with van der Waals surface area (Å²) >= 11 is 0. The number of hydrogen-bond acceptors (Lipinski definition) is 4. The highest BCUT2D eigenvalue weighted by Gasteiger charge is 2.20. The average molecular weight is 487 g/mol. The number of benzene rings is 1. The van der Waals surface area contributed by atoms with E-state index in [4.69, 9.17) is 9.52 Å². The summed E-state index contributed by atoms with van der Waals surface area (Å²) in [5.74, 6) is 1.47. The zero-order valence-corrected chi connectivity index (χ0v) is 18.2. The molecule has 0 unspecified atom stereocenters. The minimum atomic E-state index is -0.201. The predicted molar refractivity (Wildman–Crippen MR) is 116 cm³/mol. The molecule has 27 heavy (non-hydrogen) atoms. The predicted octanol–water partition coefficient (Wildman–Crippen LogP) is 3.28. The molecule has 1 aliphatic heterocycles. The maximum Gasteiger partial charge on any atom is 0.194 e. The molecule has 8 heteroatoms. The minimum Gasteiger partial charge on any atom is -0.368 e. The number of halogens is 2. The summed E-state index contributed by atoms with van der Waals surface area (Å²) in [6.45, 7) is 8.88. The van der Waals surface area contributed by atoms with Crippen LogP contribution in [0.3, 0.4) is 0 Å². The SMILES string of the molecule is CCNC(=NCc1cc(CC)no1)N1CCN(c2ccc(F)cc2)CC1.I. The van der Waals surface area contributed by atoms with Gasteiger partial charge in [0.15, 0.2) is 11.7 Å². The van der Waals surface area contributed by atoms with Gasteiger partial charge in [0.1, 0.15) is 12.4 Å². The molecule has 0 saturated carbocycles. The molecule has 1 N–H and O–H groups in total. The highest BCUT2D eigenvalue weighted by Crippen LogP contribution is 2.17. The highest BCUT2D eigenvalue weighted by molar-refractivity contribution is 14.0. The van der Waals surface area contributed by atoms with Crippen LogP contribution < -0.4 is 10.2 Å². The van der Waals surface area contributed by atoms with E-state index in [-0.39, 0.29) is 29.8 Å². The van der Waals surface area contributed by atoms with Crippen LogP contribution in [-0.2, 0) is 13.0 Å². The van der Waals surface area contributed by atoms with Crippen molar-refractivity contribution < 1.29 is 8.91 Å². The first-order valence-corrected chi connectivity index (χ1v) is 9.17. The molecule has 0 spiro atoms. The van der Waals surface area contributed by atoms with Gasteiger partial charge in [0.2, 0.25) is 0 Å². The van der Waals surface area contributed by atoms with Crippen molar-refractivity contribution in [2.24, 2.45) is 4.99 Å². The lowest BCUT2D eigenvalue weighted by molar-refractivity contribution is 0.364. The van der Waals surface area contributed by atoms with E-state index in [1.165, 1.54) is 12.1 Å². The van der Waals surface area contributed by atoms with Crippen LogP contribution in [-0.4, -0.2) is 48.7 Å². The monoisotopic (exact) mass is 487 g/mol. The number of guanidine groups is 1. The van der Waals surface area contributed by atoms with Crippen molar-refractivity contribution in [2.75, 3.05) is 37.6 Å². The van der Waals surface area contributed by atoms with Gasteiger partial charge in [-0.25, -0.2) is 9.38 Å². The number of aromatic nitrogens is 1. The van der Waals surface area contributed by atoms with Crippen LogP contribution in [0.1, 0.15) is 25.3 Å². The second kappa shape index (κ2) is 10.5. The van der Waals surface area contributed by atoms with Crippen molar-refractivity contribution in [3.8, 4) is 0 Å². The molecule has 0 radical (unpaired) electrons. The Morgan fingerprint density at radius 2 is 1.89 bits per heavy atom. The summed E-state index contributed by atoms with van der Waals surface area (Å²) in [5, 5.41) is 7.36. The highest BCUT2D eigenvalue weighted by atomic mass is 127. The zero-order valence-electron chi connectivity index (χ0n) is 15.8. The molecule has 3 rings (SSSR count). The Hall–Kier alpha value is -1.84. The quantitative estimate of drug-likeness (QED) is 0.399. The molecular weight excluding hydrogens is 460 g/mol. The van der Waals surface area contributed by atoms with E-state index >= 15 is 0 Å². The standard InChI is InChI=1S/C19H26FN5O.HI/c1-3-16-13-18(26-23-16)14-22-19(21-4-2)25-11-9-24(10-12-25)17-7-5-15(20)6-8-17;/h5-8,13H,3-4,9-12,14H2,1-2H3,(H,21,22);1H. The number of hydrogen-bond donors (Lipinski definition) is 1. The van der Waals surface area contributed by atoms with Gasteiger partial charge in [0.05, 0.1) is 5.69 Å². The molecule has 2 aromatic rings. The fourth-order valence-corrected chi connectivity index (χ4v) is 3.00. The maximum absolute atomic E-state index is 13.1. The molecule has 0 atom stereocenters. The average Bonchev–Trinajstić information content (AvgIpc) is 3.14. The molecule has 0 amide bonds. The Morgan fingerprint density at radius 3 is 2.48 bits per heavy atom. The summed E-state index contributed by atoms with van der Waals surface area (Å²) < 4.78 is 18.4. The first-order chi connectivity index (χ1) is 12.7. The Bertz CT molecular complexity index is 726. The lowest BCUT2D eigenvalue weighted by Gasteiger charge is -2.37. The molecule has 1 aromatic carbocycles. The second-order valence-corrected chi connectivity index (χ2v) is 6.26. The van der Waals surface area contributed by atoms with E-state index in [1.807, 2.05) is 18.2 Å². The van der Waals surface area contributed by atoms with E-state index in [1.54, 1.807) is 0 Å². The van der Waals surface area contributed by atoms with Crippen molar-refractivity contribution in [1.29, 1.82) is 0 Å². The molecule has 2 heterocycles. The van der Waals surface area contributed by atoms with E-state index in [2.05, 4.69) is 34.1 Å². The molecule has 0 bridgehead atoms. The summed E-state index contributed by atoms with van der Waals surface area (Å²) in [6, 6.07) is 8.64. The summed E-state index contributed by atoms with van der Waals surface area (Å²) in [7, 11) is 0. The molecule has 1 fully saturated rings. The first kappa shape index (κ1) is 21.5. The van der Waals surface area contributed by atoms with Crippen LogP contribution >= 0.6 is 24.0 Å². The Morgan fingerprint density at radius 1 is 1.19 bits per heavy atom. The largest absolute Gasteiger partial charge is 0.368 e. The third-order valence-electron chi connectivity index (χ3n) is 4.46. The second-order valence-electron chi connectivity index (χ2n) is 6.26. The first-order valence-electron chi connectivity index (χ1n) is 9.17. The number of nitrogens with zero attached hydrogens (tertiary/aromatic N) is 4. The van der Waals surface area contributed by atoms with Gasteiger partial charge >= 0.3 is 0 Å². The fraction of sp³-hybridized carbons (Fsp3) is 0.474. The zero-order chi connectivity index (χ0) is 18.4. The molecule has 1 aromatic heterocycles. The van der Waals surface area contributed by atoms with Crippen LogP contribution in [0, 0.1) is 5.82 Å². The molecule has 148 valence electrons.